The highest BCUT2D eigenvalue weighted by atomic mass is 16.5. The van der Waals surface area contributed by atoms with Crippen molar-refractivity contribution in [3.8, 4) is 0 Å². The molecule has 2 nitrogen and oxygen atoms in total. The number of unbranched alkanes of at least 4 members (excludes halogenated alkanes) is 11. The Bertz CT molecular complexity index is 390. The summed E-state index contributed by atoms with van der Waals surface area (Å²) in [6, 6.07) is 10.5. The predicted molar refractivity (Wildman–Crippen MR) is 110 cm³/mol. The van der Waals surface area contributed by atoms with E-state index >= 15 is 0 Å². The first-order valence-electron chi connectivity index (χ1n) is 10.6. The Hall–Kier alpha value is -0.860. The van der Waals surface area contributed by atoms with Crippen LogP contribution >= 0.6 is 0 Å². The molecule has 2 heteroatoms. The lowest BCUT2D eigenvalue weighted by molar-refractivity contribution is -0.0399. The molecule has 1 unspecified atom stereocenters. The minimum Gasteiger partial charge on any atom is -0.359 e. The Labute approximate surface area is 157 Å². The van der Waals surface area contributed by atoms with Gasteiger partial charge in [-0.3, -0.25) is 4.90 Å². The molecule has 144 valence electrons. The second-order valence-corrected chi connectivity index (χ2v) is 7.49. The zero-order chi connectivity index (χ0) is 18.2. The van der Waals surface area contributed by atoms with Gasteiger partial charge in [-0.15, -0.1) is 0 Å². The van der Waals surface area contributed by atoms with Crippen LogP contribution in [0.15, 0.2) is 30.3 Å². The van der Waals surface area contributed by atoms with E-state index in [1.165, 1.54) is 82.6 Å². The maximum Gasteiger partial charge on any atom is 0.136 e. The lowest BCUT2D eigenvalue weighted by Gasteiger charge is -2.25. The smallest absolute Gasteiger partial charge is 0.136 e. The van der Waals surface area contributed by atoms with Crippen LogP contribution in [0.1, 0.15) is 95.8 Å². The van der Waals surface area contributed by atoms with Crippen LogP contribution in [0.2, 0.25) is 0 Å². The Balaban J connectivity index is 1.95. The van der Waals surface area contributed by atoms with Crippen molar-refractivity contribution in [1.29, 1.82) is 0 Å². The Morgan fingerprint density at radius 3 is 1.68 bits per heavy atom. The number of ether oxygens (including phenoxy) is 1. The van der Waals surface area contributed by atoms with Crippen LogP contribution in [0.5, 0.6) is 0 Å². The van der Waals surface area contributed by atoms with E-state index in [1.54, 1.807) is 0 Å². The summed E-state index contributed by atoms with van der Waals surface area (Å²) in [6.07, 6.45) is 16.7. The molecule has 1 aromatic rings. The summed E-state index contributed by atoms with van der Waals surface area (Å²) >= 11 is 0. The minimum atomic E-state index is 0.0777. The normalized spacial score (nSPS) is 12.6. The maximum absolute atomic E-state index is 6.11. The topological polar surface area (TPSA) is 12.5 Å². The highest BCUT2D eigenvalue weighted by Crippen LogP contribution is 2.20. The molecular weight excluding hydrogens is 306 g/mol. The minimum absolute atomic E-state index is 0.0777. The Morgan fingerprint density at radius 2 is 1.20 bits per heavy atom. The molecule has 25 heavy (non-hydrogen) atoms. The summed E-state index contributed by atoms with van der Waals surface area (Å²) < 4.78 is 6.11. The Kier molecular flexibility index (Phi) is 13.7. The van der Waals surface area contributed by atoms with Gasteiger partial charge in [0.2, 0.25) is 0 Å². The molecule has 0 N–H and O–H groups in total. The summed E-state index contributed by atoms with van der Waals surface area (Å²) in [4.78, 5) is 2.15. The zero-order valence-corrected chi connectivity index (χ0v) is 17.0. The number of nitrogens with zero attached hydrogens (tertiary/aromatic N) is 1. The summed E-state index contributed by atoms with van der Waals surface area (Å²) in [6.45, 7) is 3.14. The fourth-order valence-electron chi connectivity index (χ4n) is 3.30. The summed E-state index contributed by atoms with van der Waals surface area (Å²) in [5.74, 6) is 0. The van der Waals surface area contributed by atoms with Gasteiger partial charge in [0.1, 0.15) is 6.23 Å². The fourth-order valence-corrected chi connectivity index (χ4v) is 3.30. The van der Waals surface area contributed by atoms with Crippen molar-refractivity contribution in [2.24, 2.45) is 0 Å². The van der Waals surface area contributed by atoms with Crippen LogP contribution < -0.4 is 0 Å². The molecular formula is C23H41NO. The molecule has 1 atom stereocenters. The average molecular weight is 348 g/mol. The third kappa shape index (κ3) is 11.4. The van der Waals surface area contributed by atoms with Gasteiger partial charge in [0.05, 0.1) is 0 Å². The van der Waals surface area contributed by atoms with Crippen LogP contribution in [-0.4, -0.2) is 25.6 Å². The first kappa shape index (κ1) is 22.2. The first-order valence-corrected chi connectivity index (χ1v) is 10.6. The van der Waals surface area contributed by atoms with Crippen LogP contribution in [0.25, 0.3) is 0 Å². The van der Waals surface area contributed by atoms with Gasteiger partial charge in [0, 0.05) is 6.61 Å². The molecule has 0 aliphatic rings. The predicted octanol–water partition coefficient (Wildman–Crippen LogP) is 6.96. The standard InChI is InChI=1S/C23H41NO/c1-4-5-6-7-8-9-10-11-12-13-14-18-21-25-23(24(2)3)22-19-16-15-17-20-22/h15-17,19-20,23H,4-14,18,21H2,1-3H3. The van der Waals surface area contributed by atoms with Crippen molar-refractivity contribution in [2.75, 3.05) is 20.7 Å². The van der Waals surface area contributed by atoms with Crippen molar-refractivity contribution in [1.82, 2.24) is 4.90 Å². The third-order valence-electron chi connectivity index (χ3n) is 4.83. The van der Waals surface area contributed by atoms with Gasteiger partial charge in [0.15, 0.2) is 0 Å². The molecule has 1 rings (SSSR count). The number of hydrogen-bond donors (Lipinski definition) is 0. The van der Waals surface area contributed by atoms with Gasteiger partial charge in [-0.1, -0.05) is 108 Å². The Morgan fingerprint density at radius 1 is 0.720 bits per heavy atom. The molecule has 0 bridgehead atoms. The molecule has 0 fully saturated rings. The van der Waals surface area contributed by atoms with Gasteiger partial charge in [0.25, 0.3) is 0 Å². The van der Waals surface area contributed by atoms with Gasteiger partial charge in [-0.05, 0) is 26.1 Å². The number of rotatable bonds is 16. The van der Waals surface area contributed by atoms with Crippen molar-refractivity contribution in [3.63, 3.8) is 0 Å². The molecule has 0 saturated heterocycles. The number of hydrogen-bond acceptors (Lipinski definition) is 2. The van der Waals surface area contributed by atoms with Gasteiger partial charge < -0.3 is 4.74 Å². The highest BCUT2D eigenvalue weighted by molar-refractivity contribution is 5.16. The van der Waals surface area contributed by atoms with E-state index in [-0.39, 0.29) is 6.23 Å². The molecule has 0 radical (unpaired) electrons. The van der Waals surface area contributed by atoms with E-state index in [4.69, 9.17) is 4.74 Å². The first-order chi connectivity index (χ1) is 12.3. The average Bonchev–Trinajstić information content (AvgIpc) is 2.62. The number of benzene rings is 1. The van der Waals surface area contributed by atoms with Gasteiger partial charge in [-0.2, -0.15) is 0 Å². The van der Waals surface area contributed by atoms with Gasteiger partial charge in [-0.25, -0.2) is 0 Å². The van der Waals surface area contributed by atoms with Crippen molar-refractivity contribution >= 4 is 0 Å². The molecule has 0 heterocycles. The zero-order valence-electron chi connectivity index (χ0n) is 17.0. The molecule has 1 aromatic carbocycles. The van der Waals surface area contributed by atoms with Crippen LogP contribution in [0.4, 0.5) is 0 Å². The molecule has 0 aromatic heterocycles. The monoisotopic (exact) mass is 347 g/mol. The van der Waals surface area contributed by atoms with Crippen molar-refractivity contribution in [2.45, 2.75) is 90.2 Å². The van der Waals surface area contributed by atoms with Gasteiger partial charge >= 0.3 is 0 Å². The SMILES string of the molecule is CCCCCCCCCCCCCCOC(c1ccccc1)N(C)C. The third-order valence-corrected chi connectivity index (χ3v) is 4.83. The summed E-state index contributed by atoms with van der Waals surface area (Å²) in [7, 11) is 4.17. The summed E-state index contributed by atoms with van der Waals surface area (Å²) in [5, 5.41) is 0. The molecule has 0 spiro atoms. The second kappa shape index (κ2) is 15.4. The lowest BCUT2D eigenvalue weighted by Crippen LogP contribution is -2.23. The van der Waals surface area contributed by atoms with E-state index in [2.05, 4.69) is 56.3 Å². The highest BCUT2D eigenvalue weighted by Gasteiger charge is 2.13. The van der Waals surface area contributed by atoms with E-state index in [1.807, 2.05) is 0 Å². The fraction of sp³-hybridized carbons (Fsp3) is 0.739. The van der Waals surface area contributed by atoms with E-state index in [9.17, 15) is 0 Å². The quantitative estimate of drug-likeness (QED) is 0.236. The maximum atomic E-state index is 6.11. The lowest BCUT2D eigenvalue weighted by atomic mass is 10.1. The van der Waals surface area contributed by atoms with Crippen molar-refractivity contribution in [3.05, 3.63) is 35.9 Å². The van der Waals surface area contributed by atoms with E-state index in [0.29, 0.717) is 0 Å². The van der Waals surface area contributed by atoms with Crippen LogP contribution in [-0.2, 0) is 4.74 Å². The summed E-state index contributed by atoms with van der Waals surface area (Å²) in [5.41, 5.74) is 1.24. The second-order valence-electron chi connectivity index (χ2n) is 7.49. The van der Waals surface area contributed by atoms with Crippen LogP contribution in [0.3, 0.4) is 0 Å². The van der Waals surface area contributed by atoms with E-state index < -0.39 is 0 Å². The largest absolute Gasteiger partial charge is 0.359 e. The molecule has 0 saturated carbocycles. The van der Waals surface area contributed by atoms with Crippen LogP contribution in [0, 0.1) is 0 Å². The van der Waals surface area contributed by atoms with E-state index in [0.717, 1.165) is 6.61 Å². The molecule has 0 aliphatic carbocycles. The molecule has 0 amide bonds. The van der Waals surface area contributed by atoms with Crippen molar-refractivity contribution < 1.29 is 4.74 Å². The molecule has 0 aliphatic heterocycles.